The van der Waals surface area contributed by atoms with Crippen molar-refractivity contribution in [2.45, 2.75) is 51.1 Å². The second-order valence-corrected chi connectivity index (χ2v) is 4.24. The van der Waals surface area contributed by atoms with Crippen LogP contribution in [0.5, 0.6) is 0 Å². The summed E-state index contributed by atoms with van der Waals surface area (Å²) < 4.78 is 4.61. The third kappa shape index (κ3) is 2.99. The van der Waals surface area contributed by atoms with E-state index in [0.29, 0.717) is 6.42 Å². The van der Waals surface area contributed by atoms with Crippen molar-refractivity contribution in [3.05, 3.63) is 0 Å². The number of methoxy groups -OCH3 is 1. The van der Waals surface area contributed by atoms with Crippen molar-refractivity contribution in [3.8, 4) is 0 Å². The lowest BCUT2D eigenvalue weighted by Crippen LogP contribution is -2.52. The van der Waals surface area contributed by atoms with Crippen LogP contribution in [0.15, 0.2) is 0 Å². The highest BCUT2D eigenvalue weighted by Crippen LogP contribution is 2.31. The average Bonchev–Trinajstić information content (AvgIpc) is 2.01. The van der Waals surface area contributed by atoms with Crippen molar-refractivity contribution in [2.24, 2.45) is 0 Å². The molecule has 1 fully saturated rings. The molecule has 0 aliphatic heterocycles. The van der Waals surface area contributed by atoms with E-state index in [9.17, 15) is 4.79 Å². The smallest absolute Gasteiger partial charge is 0.307 e. The SMILES string of the molecule is COC(=O)CC(C)NC1(C)CCC1. The summed E-state index contributed by atoms with van der Waals surface area (Å²) in [4.78, 5) is 11.0. The van der Waals surface area contributed by atoms with Crippen molar-refractivity contribution in [3.63, 3.8) is 0 Å². The number of carbonyl (C=O) groups excluding carboxylic acids is 1. The molecule has 0 radical (unpaired) electrons. The van der Waals surface area contributed by atoms with Crippen LogP contribution >= 0.6 is 0 Å². The Balaban J connectivity index is 2.24. The van der Waals surface area contributed by atoms with Gasteiger partial charge in [-0.15, -0.1) is 0 Å². The van der Waals surface area contributed by atoms with E-state index in [1.54, 1.807) is 0 Å². The molecule has 0 bridgehead atoms. The summed E-state index contributed by atoms with van der Waals surface area (Å²) in [6, 6.07) is 0.220. The molecule has 1 N–H and O–H groups in total. The second kappa shape index (κ2) is 4.09. The molecule has 0 aromatic carbocycles. The number of ether oxygens (including phenoxy) is 1. The van der Waals surface area contributed by atoms with Gasteiger partial charge in [-0.1, -0.05) is 0 Å². The maximum Gasteiger partial charge on any atom is 0.307 e. The molecule has 1 aliphatic rings. The molecule has 1 aliphatic carbocycles. The Hall–Kier alpha value is -0.570. The van der Waals surface area contributed by atoms with Crippen molar-refractivity contribution in [2.75, 3.05) is 7.11 Å². The minimum atomic E-state index is -0.136. The van der Waals surface area contributed by atoms with Gasteiger partial charge in [-0.3, -0.25) is 4.79 Å². The van der Waals surface area contributed by atoms with Gasteiger partial charge in [0.05, 0.1) is 13.5 Å². The summed E-state index contributed by atoms with van der Waals surface area (Å²) in [6.07, 6.45) is 4.21. The third-order valence-corrected chi connectivity index (χ3v) is 2.75. The van der Waals surface area contributed by atoms with E-state index in [1.807, 2.05) is 6.92 Å². The van der Waals surface area contributed by atoms with E-state index in [1.165, 1.54) is 26.4 Å². The van der Waals surface area contributed by atoms with Gasteiger partial charge in [0.25, 0.3) is 0 Å². The number of hydrogen-bond donors (Lipinski definition) is 1. The summed E-state index contributed by atoms with van der Waals surface area (Å²) in [5.41, 5.74) is 0.271. The minimum Gasteiger partial charge on any atom is -0.469 e. The first-order valence-electron chi connectivity index (χ1n) is 4.90. The Morgan fingerprint density at radius 3 is 2.62 bits per heavy atom. The Morgan fingerprint density at radius 2 is 2.23 bits per heavy atom. The topological polar surface area (TPSA) is 38.3 Å². The molecule has 0 heterocycles. The molecule has 0 aromatic heterocycles. The van der Waals surface area contributed by atoms with Crippen LogP contribution in [0.25, 0.3) is 0 Å². The summed E-state index contributed by atoms with van der Waals surface area (Å²) in [5.74, 6) is -0.136. The average molecular weight is 185 g/mol. The lowest BCUT2D eigenvalue weighted by Gasteiger charge is -2.41. The van der Waals surface area contributed by atoms with Crippen LogP contribution in [-0.4, -0.2) is 24.7 Å². The quantitative estimate of drug-likeness (QED) is 0.674. The maximum absolute atomic E-state index is 11.0. The highest BCUT2D eigenvalue weighted by molar-refractivity contribution is 5.69. The van der Waals surface area contributed by atoms with Gasteiger partial charge in [-0.2, -0.15) is 0 Å². The first kappa shape index (κ1) is 10.5. The molecule has 0 spiro atoms. The lowest BCUT2D eigenvalue weighted by atomic mass is 9.78. The monoisotopic (exact) mass is 185 g/mol. The van der Waals surface area contributed by atoms with Crippen LogP contribution < -0.4 is 5.32 Å². The van der Waals surface area contributed by atoms with Gasteiger partial charge in [-0.25, -0.2) is 0 Å². The van der Waals surface area contributed by atoms with E-state index < -0.39 is 0 Å². The fraction of sp³-hybridized carbons (Fsp3) is 0.900. The Morgan fingerprint density at radius 1 is 1.62 bits per heavy atom. The van der Waals surface area contributed by atoms with Gasteiger partial charge in [0.15, 0.2) is 0 Å². The normalized spacial score (nSPS) is 21.8. The van der Waals surface area contributed by atoms with Crippen LogP contribution in [0.2, 0.25) is 0 Å². The number of esters is 1. The Bertz CT molecular complexity index is 187. The molecule has 1 unspecified atom stereocenters. The summed E-state index contributed by atoms with van der Waals surface area (Å²) >= 11 is 0. The Labute approximate surface area is 79.8 Å². The molecule has 3 heteroatoms. The largest absolute Gasteiger partial charge is 0.469 e. The number of nitrogens with one attached hydrogen (secondary N) is 1. The van der Waals surface area contributed by atoms with Gasteiger partial charge in [0.2, 0.25) is 0 Å². The molecular formula is C10H19NO2. The number of rotatable bonds is 4. The molecule has 13 heavy (non-hydrogen) atoms. The molecule has 3 nitrogen and oxygen atoms in total. The molecule has 0 amide bonds. The van der Waals surface area contributed by atoms with Crippen molar-refractivity contribution < 1.29 is 9.53 Å². The molecule has 1 rings (SSSR count). The van der Waals surface area contributed by atoms with Crippen molar-refractivity contribution in [1.29, 1.82) is 0 Å². The number of carbonyl (C=O) groups is 1. The van der Waals surface area contributed by atoms with Gasteiger partial charge in [-0.05, 0) is 33.1 Å². The molecule has 0 saturated heterocycles. The lowest BCUT2D eigenvalue weighted by molar-refractivity contribution is -0.141. The van der Waals surface area contributed by atoms with Gasteiger partial charge < -0.3 is 10.1 Å². The zero-order valence-corrected chi connectivity index (χ0v) is 8.72. The molecule has 76 valence electrons. The van der Waals surface area contributed by atoms with E-state index in [0.717, 1.165) is 0 Å². The zero-order valence-electron chi connectivity index (χ0n) is 8.72. The molecule has 1 saturated carbocycles. The van der Waals surface area contributed by atoms with Crippen LogP contribution in [0, 0.1) is 0 Å². The van der Waals surface area contributed by atoms with Crippen LogP contribution in [-0.2, 0) is 9.53 Å². The standard InChI is InChI=1S/C10H19NO2/c1-8(7-9(12)13-3)11-10(2)5-4-6-10/h8,11H,4-7H2,1-3H3. The van der Waals surface area contributed by atoms with Crippen molar-refractivity contribution >= 4 is 5.97 Å². The summed E-state index contributed by atoms with van der Waals surface area (Å²) in [7, 11) is 1.43. The first-order valence-corrected chi connectivity index (χ1v) is 4.90. The molecule has 1 atom stereocenters. The highest BCUT2D eigenvalue weighted by atomic mass is 16.5. The van der Waals surface area contributed by atoms with Gasteiger partial charge >= 0.3 is 5.97 Å². The fourth-order valence-corrected chi connectivity index (χ4v) is 1.83. The van der Waals surface area contributed by atoms with Crippen LogP contribution in [0.1, 0.15) is 39.5 Å². The zero-order chi connectivity index (χ0) is 9.90. The van der Waals surface area contributed by atoms with E-state index >= 15 is 0 Å². The predicted molar refractivity (Wildman–Crippen MR) is 51.5 cm³/mol. The van der Waals surface area contributed by atoms with Crippen molar-refractivity contribution in [1.82, 2.24) is 5.32 Å². The minimum absolute atomic E-state index is 0.136. The highest BCUT2D eigenvalue weighted by Gasteiger charge is 2.32. The second-order valence-electron chi connectivity index (χ2n) is 4.24. The summed E-state index contributed by atoms with van der Waals surface area (Å²) in [5, 5.41) is 3.46. The first-order chi connectivity index (χ1) is 6.06. The summed E-state index contributed by atoms with van der Waals surface area (Å²) in [6.45, 7) is 4.24. The van der Waals surface area contributed by atoms with Crippen LogP contribution in [0.4, 0.5) is 0 Å². The van der Waals surface area contributed by atoms with E-state index in [2.05, 4.69) is 17.0 Å². The fourth-order valence-electron chi connectivity index (χ4n) is 1.83. The van der Waals surface area contributed by atoms with Gasteiger partial charge in [0.1, 0.15) is 0 Å². The molecule has 0 aromatic rings. The third-order valence-electron chi connectivity index (χ3n) is 2.75. The number of hydrogen-bond acceptors (Lipinski definition) is 3. The maximum atomic E-state index is 11.0. The Kier molecular flexibility index (Phi) is 3.31. The predicted octanol–water partition coefficient (Wildman–Crippen LogP) is 1.47. The van der Waals surface area contributed by atoms with E-state index in [4.69, 9.17) is 0 Å². The van der Waals surface area contributed by atoms with E-state index in [-0.39, 0.29) is 17.6 Å². The molecular weight excluding hydrogens is 166 g/mol. The van der Waals surface area contributed by atoms with Crippen LogP contribution in [0.3, 0.4) is 0 Å². The van der Waals surface area contributed by atoms with Gasteiger partial charge in [0, 0.05) is 11.6 Å².